The normalized spacial score (nSPS) is 26.1. The summed E-state index contributed by atoms with van der Waals surface area (Å²) in [4.78, 5) is 48.8. The Kier molecular flexibility index (Phi) is 11.0. The average molecular weight is 674 g/mol. The molecule has 4 aliphatic rings. The van der Waals surface area contributed by atoms with Gasteiger partial charge in [0, 0.05) is 49.1 Å². The summed E-state index contributed by atoms with van der Waals surface area (Å²) in [6.45, 7) is 14.5. The highest BCUT2D eigenvalue weighted by molar-refractivity contribution is 9.10. The van der Waals surface area contributed by atoms with Gasteiger partial charge in [0.1, 0.15) is 6.54 Å². The van der Waals surface area contributed by atoms with E-state index in [-0.39, 0.29) is 43.3 Å². The molecule has 2 aromatic rings. The molecule has 0 aliphatic carbocycles. The Balaban J connectivity index is 0.000000683. The first-order valence-corrected chi connectivity index (χ1v) is 16.8. The van der Waals surface area contributed by atoms with Crippen LogP contribution in [0.4, 0.5) is 0 Å². The van der Waals surface area contributed by atoms with Gasteiger partial charge in [-0.3, -0.25) is 19.3 Å². The summed E-state index contributed by atoms with van der Waals surface area (Å²) in [5, 5.41) is 4.06. The van der Waals surface area contributed by atoms with Crippen molar-refractivity contribution in [1.82, 2.24) is 25.0 Å². The molecule has 4 atom stereocenters. The number of nitrogens with zero attached hydrogens (tertiary/aromatic N) is 3. The number of aromatic amines is 1. The van der Waals surface area contributed by atoms with Gasteiger partial charge in [0.05, 0.1) is 16.6 Å². The second kappa shape index (κ2) is 14.1. The van der Waals surface area contributed by atoms with Crippen molar-refractivity contribution in [2.45, 2.75) is 85.3 Å². The summed E-state index contributed by atoms with van der Waals surface area (Å²) < 4.78 is 7.29. The molecular weight excluding hydrogens is 624 g/mol. The van der Waals surface area contributed by atoms with Crippen molar-refractivity contribution in [3.05, 3.63) is 40.0 Å². The van der Waals surface area contributed by atoms with Crippen LogP contribution in [0.25, 0.3) is 16.5 Å². The Hall–Kier alpha value is -2.73. The van der Waals surface area contributed by atoms with Gasteiger partial charge >= 0.3 is 0 Å². The maximum atomic E-state index is 13.7. The van der Waals surface area contributed by atoms with Gasteiger partial charge in [0.25, 0.3) is 5.91 Å². The van der Waals surface area contributed by atoms with E-state index >= 15 is 0 Å². The zero-order chi connectivity index (χ0) is 32.3. The van der Waals surface area contributed by atoms with Crippen molar-refractivity contribution >= 4 is 50.1 Å². The third kappa shape index (κ3) is 6.47. The molecule has 6 rings (SSSR count). The fraction of sp³-hybridized carbons (Fsp3) is 0.606. The maximum Gasteiger partial charge on any atom is 0.278 e. The number of benzene rings is 1. The Morgan fingerprint density at radius 1 is 1.20 bits per heavy atom. The highest BCUT2D eigenvalue weighted by Crippen LogP contribution is 2.39. The standard InChI is InChI=1S/C27H33BrN6O4.C4H10.C2H6/c1-3-27(26(37)34-14-21(35)33-9-5-8-20(33)25(34)38-27)31-24(36)15(11-29)10-16-12-32(2)13-18-22-17(16)6-4-7-19(22)30-23(18)28;1-4(2)3;1-2/h4,6-7,10,15,20,25,30H,3,5,8-9,11-14,29H2,1-2H3,(H,31,36);4H,1-3H3;1-2H3/b16-10+;;. The lowest BCUT2D eigenvalue weighted by Crippen LogP contribution is -2.59. The summed E-state index contributed by atoms with van der Waals surface area (Å²) in [6.07, 6.45) is 3.29. The van der Waals surface area contributed by atoms with E-state index in [0.717, 1.165) is 51.9 Å². The van der Waals surface area contributed by atoms with Crippen LogP contribution in [-0.4, -0.2) is 88.6 Å². The number of nitrogens with one attached hydrogen (secondary N) is 2. The number of rotatable bonds is 5. The zero-order valence-electron chi connectivity index (χ0n) is 27.2. The van der Waals surface area contributed by atoms with Crippen molar-refractivity contribution in [2.75, 3.05) is 33.2 Å². The Morgan fingerprint density at radius 2 is 1.91 bits per heavy atom. The van der Waals surface area contributed by atoms with Crippen molar-refractivity contribution in [2.24, 2.45) is 17.6 Å². The molecule has 0 bridgehead atoms. The van der Waals surface area contributed by atoms with Crippen LogP contribution in [0.15, 0.2) is 28.9 Å². The van der Waals surface area contributed by atoms with Crippen LogP contribution in [0.1, 0.15) is 71.9 Å². The van der Waals surface area contributed by atoms with E-state index in [1.807, 2.05) is 50.9 Å². The molecule has 11 heteroatoms. The second-order valence-electron chi connectivity index (χ2n) is 12.5. The fourth-order valence-corrected chi connectivity index (χ4v) is 7.02. The van der Waals surface area contributed by atoms with Gasteiger partial charge < -0.3 is 30.6 Å². The fourth-order valence-electron chi connectivity index (χ4n) is 6.49. The summed E-state index contributed by atoms with van der Waals surface area (Å²) in [5.41, 5.74) is 8.90. The van der Waals surface area contributed by atoms with Crippen molar-refractivity contribution < 1.29 is 19.1 Å². The van der Waals surface area contributed by atoms with Gasteiger partial charge in [-0.05, 0) is 58.9 Å². The van der Waals surface area contributed by atoms with Gasteiger partial charge in [-0.1, -0.05) is 59.8 Å². The second-order valence-corrected chi connectivity index (χ2v) is 13.3. The predicted molar refractivity (Wildman–Crippen MR) is 177 cm³/mol. The van der Waals surface area contributed by atoms with Crippen LogP contribution in [0, 0.1) is 11.8 Å². The lowest BCUT2D eigenvalue weighted by Gasteiger charge is -2.38. The number of H-pyrrole nitrogens is 1. The number of fused-ring (bicyclic) bond motifs is 3. The monoisotopic (exact) mass is 672 g/mol. The molecule has 242 valence electrons. The van der Waals surface area contributed by atoms with Crippen LogP contribution in [-0.2, 0) is 25.7 Å². The molecule has 0 spiro atoms. The molecule has 44 heavy (non-hydrogen) atoms. The lowest BCUT2D eigenvalue weighted by molar-refractivity contribution is -0.159. The third-order valence-electron chi connectivity index (χ3n) is 8.40. The number of hydrogen-bond acceptors (Lipinski definition) is 6. The van der Waals surface area contributed by atoms with Crippen LogP contribution in [0.3, 0.4) is 0 Å². The molecule has 5 heterocycles. The minimum Gasteiger partial charge on any atom is -0.349 e. The van der Waals surface area contributed by atoms with E-state index in [1.165, 1.54) is 10.5 Å². The summed E-state index contributed by atoms with van der Waals surface area (Å²) in [6, 6.07) is 5.95. The predicted octanol–water partition coefficient (Wildman–Crippen LogP) is 4.43. The third-order valence-corrected chi connectivity index (χ3v) is 9.07. The summed E-state index contributed by atoms with van der Waals surface area (Å²) in [7, 11) is 2.05. The molecule has 3 fully saturated rings. The van der Waals surface area contributed by atoms with Gasteiger partial charge in [0.2, 0.25) is 17.5 Å². The SMILES string of the molecule is CC.CC(C)C.CCC1(NC(=O)C(/C=C2\CN(C)Cc3c(Br)[nH]c4cccc2c34)CN)OC2C3CCCN3C(=O)CN2C1=O. The van der Waals surface area contributed by atoms with Gasteiger partial charge in [-0.2, -0.15) is 0 Å². The Morgan fingerprint density at radius 3 is 2.57 bits per heavy atom. The van der Waals surface area contributed by atoms with Crippen LogP contribution in [0.2, 0.25) is 0 Å². The molecule has 3 amide bonds. The van der Waals surface area contributed by atoms with E-state index in [4.69, 9.17) is 10.5 Å². The number of halogens is 1. The van der Waals surface area contributed by atoms with Gasteiger partial charge in [-0.15, -0.1) is 0 Å². The van der Waals surface area contributed by atoms with E-state index in [2.05, 4.69) is 58.0 Å². The number of carbonyl (C=O) groups is 3. The first-order chi connectivity index (χ1) is 21.0. The molecule has 0 radical (unpaired) electrons. The van der Waals surface area contributed by atoms with E-state index < -0.39 is 17.9 Å². The molecule has 4 aliphatic heterocycles. The topological polar surface area (TPSA) is 124 Å². The number of piperazine rings is 1. The number of aromatic nitrogens is 1. The molecular formula is C33H49BrN6O4. The highest BCUT2D eigenvalue weighted by Gasteiger charge is 2.59. The minimum atomic E-state index is -1.51. The molecule has 1 aromatic carbocycles. The highest BCUT2D eigenvalue weighted by atomic mass is 79.9. The molecule has 4 N–H and O–H groups in total. The number of hydrogen-bond donors (Lipinski definition) is 3. The summed E-state index contributed by atoms with van der Waals surface area (Å²) >= 11 is 3.66. The number of likely N-dealkylation sites (N-methyl/N-ethyl adjacent to an activating group) is 1. The number of nitrogens with two attached hydrogens (primary N) is 1. The molecule has 0 saturated carbocycles. The smallest absolute Gasteiger partial charge is 0.278 e. The Bertz CT molecular complexity index is 1400. The van der Waals surface area contributed by atoms with E-state index in [1.54, 1.807) is 0 Å². The van der Waals surface area contributed by atoms with Crippen LogP contribution in [0.5, 0.6) is 0 Å². The van der Waals surface area contributed by atoms with Gasteiger partial charge in [0.15, 0.2) is 6.23 Å². The van der Waals surface area contributed by atoms with Crippen molar-refractivity contribution in [3.63, 3.8) is 0 Å². The van der Waals surface area contributed by atoms with Crippen LogP contribution >= 0.6 is 15.9 Å². The number of carbonyl (C=O) groups excluding carboxylic acids is 3. The first-order valence-electron chi connectivity index (χ1n) is 16.0. The molecule has 1 aromatic heterocycles. The maximum absolute atomic E-state index is 13.7. The molecule has 3 saturated heterocycles. The van der Waals surface area contributed by atoms with Crippen molar-refractivity contribution in [3.8, 4) is 0 Å². The Labute approximate surface area is 269 Å². The minimum absolute atomic E-state index is 0.0209. The van der Waals surface area contributed by atoms with Crippen LogP contribution < -0.4 is 11.1 Å². The van der Waals surface area contributed by atoms with E-state index in [0.29, 0.717) is 13.1 Å². The number of ether oxygens (including phenoxy) is 1. The lowest BCUT2D eigenvalue weighted by atomic mass is 9.95. The summed E-state index contributed by atoms with van der Waals surface area (Å²) in [5.74, 6) is -0.618. The quantitative estimate of drug-likeness (QED) is 0.432. The largest absolute Gasteiger partial charge is 0.349 e. The average Bonchev–Trinajstić information content (AvgIpc) is 3.65. The number of amides is 3. The van der Waals surface area contributed by atoms with E-state index in [9.17, 15) is 14.4 Å². The first kappa shape index (κ1) is 34.1. The van der Waals surface area contributed by atoms with Gasteiger partial charge in [-0.25, -0.2) is 0 Å². The molecule has 4 unspecified atom stereocenters. The van der Waals surface area contributed by atoms with Crippen molar-refractivity contribution in [1.29, 1.82) is 0 Å². The molecule has 10 nitrogen and oxygen atoms in total. The zero-order valence-corrected chi connectivity index (χ0v) is 28.8.